The average molecular weight is 711 g/mol. The van der Waals surface area contributed by atoms with Crippen LogP contribution in [0.5, 0.6) is 0 Å². The van der Waals surface area contributed by atoms with Crippen LogP contribution in [-0.4, -0.2) is 18.9 Å². The molecule has 0 fully saturated rings. The minimum atomic E-state index is -1.15. The Balaban J connectivity index is 0.000000397. The Morgan fingerprint density at radius 1 is 0.775 bits per heavy atom. The van der Waals surface area contributed by atoms with Crippen LogP contribution in [0.3, 0.4) is 0 Å². The second-order valence-electron chi connectivity index (χ2n) is 9.84. The van der Waals surface area contributed by atoms with Crippen LogP contribution in [-0.2, 0) is 23.8 Å². The summed E-state index contributed by atoms with van der Waals surface area (Å²) >= 11 is 6.76. The van der Waals surface area contributed by atoms with Gasteiger partial charge in [0.05, 0.1) is 39.2 Å². The van der Waals surface area contributed by atoms with Gasteiger partial charge >= 0.3 is 0 Å². The highest BCUT2D eigenvalue weighted by Crippen LogP contribution is 2.21. The van der Waals surface area contributed by atoms with E-state index in [1.807, 2.05) is 81.4 Å². The van der Waals surface area contributed by atoms with Crippen LogP contribution in [0.4, 0.5) is 0 Å². The van der Waals surface area contributed by atoms with E-state index in [-0.39, 0.29) is 36.7 Å². The predicted molar refractivity (Wildman–Crippen MR) is 179 cm³/mol. The molecule has 2 aromatic heterocycles. The molecular weight excluding hydrogens is 672 g/mol. The van der Waals surface area contributed by atoms with Crippen LogP contribution in [0.2, 0.25) is 0 Å². The monoisotopic (exact) mass is 708 g/mol. The fourth-order valence-corrected chi connectivity index (χ4v) is 4.82. The van der Waals surface area contributed by atoms with Gasteiger partial charge in [-0.05, 0) is 101 Å². The summed E-state index contributed by atoms with van der Waals surface area (Å²) in [4.78, 5) is 8.77. The molecule has 0 amide bonds. The topological polar surface area (TPSA) is 80.9 Å². The molecule has 2 heterocycles. The molecule has 0 saturated carbocycles. The second kappa shape index (κ2) is 17.8. The highest BCUT2D eigenvalue weighted by atomic mass is 79.9. The molecule has 0 aliphatic carbocycles. The lowest BCUT2D eigenvalue weighted by Gasteiger charge is -2.24. The minimum absolute atomic E-state index is 0. The third-order valence-electron chi connectivity index (χ3n) is 5.62. The van der Waals surface area contributed by atoms with Crippen LogP contribution in [0.25, 0.3) is 0 Å². The summed E-state index contributed by atoms with van der Waals surface area (Å²) in [5.41, 5.74) is 10.3. The van der Waals surface area contributed by atoms with E-state index in [2.05, 4.69) is 70.8 Å². The summed E-state index contributed by atoms with van der Waals surface area (Å²) < 4.78 is 17.3. The van der Waals surface area contributed by atoms with Crippen molar-refractivity contribution in [2.75, 3.05) is 0 Å². The number of hydrogen-bond acceptors (Lipinski definition) is 4. The number of hydrogen-bond donors (Lipinski definition) is 2. The molecule has 2 aromatic carbocycles. The predicted octanol–water partition coefficient (Wildman–Crippen LogP) is 8.32. The maximum Gasteiger partial charge on any atom is 0.0976 e. The molecular formula is C31H39Br2ClN4OS. The zero-order valence-corrected chi connectivity index (χ0v) is 27.1. The molecule has 0 aliphatic rings. The van der Waals surface area contributed by atoms with Crippen molar-refractivity contribution < 1.29 is 4.21 Å². The van der Waals surface area contributed by atoms with Gasteiger partial charge in [0, 0.05) is 21.3 Å². The number of nitrogens with zero attached hydrogens (tertiary/aromatic N) is 2. The normalized spacial score (nSPS) is 12.9. The molecule has 9 heteroatoms. The van der Waals surface area contributed by atoms with Gasteiger partial charge < -0.3 is 5.73 Å². The van der Waals surface area contributed by atoms with E-state index in [0.717, 1.165) is 33.2 Å². The Hall–Kier alpha value is -1.94. The highest BCUT2D eigenvalue weighted by molar-refractivity contribution is 9.10. The molecule has 5 nitrogen and oxygen atoms in total. The summed E-state index contributed by atoms with van der Waals surface area (Å²) in [5, 5.41) is 0. The number of pyridine rings is 2. The highest BCUT2D eigenvalue weighted by Gasteiger charge is 2.24. The number of halogens is 3. The second-order valence-corrected chi connectivity index (χ2v) is 13.7. The average Bonchev–Trinajstić information content (AvgIpc) is 2.90. The molecule has 40 heavy (non-hydrogen) atoms. The molecule has 0 unspecified atom stereocenters. The van der Waals surface area contributed by atoms with Crippen molar-refractivity contribution in [1.29, 1.82) is 0 Å². The first kappa shape index (κ1) is 36.1. The standard InChI is InChI=1S/C17H21BrN2OS.C13H13BrN2.CH4.ClH/c1-17(2,3)22(21)20-16(11-13-7-5-4-6-8-13)15-10-9-14(18)12-19-15;14-11-6-7-13(16-9-11)12(15)8-10-4-2-1-3-5-10;;/h4-10,12,16,20H,11H2,1-3H3;1-7,9,12H,8,15H2;1H4;1H/t16-,22-;12-;;/m00../s1. The van der Waals surface area contributed by atoms with Gasteiger partial charge in [0.1, 0.15) is 0 Å². The molecule has 0 bridgehead atoms. The van der Waals surface area contributed by atoms with Crippen molar-refractivity contribution in [3.63, 3.8) is 0 Å². The fourth-order valence-electron chi connectivity index (χ4n) is 3.53. The van der Waals surface area contributed by atoms with Crippen molar-refractivity contribution in [1.82, 2.24) is 14.7 Å². The van der Waals surface area contributed by atoms with Gasteiger partial charge in [0.25, 0.3) is 0 Å². The van der Waals surface area contributed by atoms with Gasteiger partial charge in [-0.2, -0.15) is 0 Å². The Morgan fingerprint density at radius 2 is 1.23 bits per heavy atom. The summed E-state index contributed by atoms with van der Waals surface area (Å²) in [6.07, 6.45) is 5.11. The summed E-state index contributed by atoms with van der Waals surface area (Å²) in [7, 11) is -1.15. The van der Waals surface area contributed by atoms with E-state index >= 15 is 0 Å². The minimum Gasteiger partial charge on any atom is -0.322 e. The van der Waals surface area contributed by atoms with E-state index < -0.39 is 11.0 Å². The Kier molecular flexibility index (Phi) is 16.0. The van der Waals surface area contributed by atoms with E-state index in [1.54, 1.807) is 12.4 Å². The van der Waals surface area contributed by atoms with E-state index in [0.29, 0.717) is 0 Å². The van der Waals surface area contributed by atoms with Crippen molar-refractivity contribution in [2.45, 2.75) is 57.9 Å². The summed E-state index contributed by atoms with van der Waals surface area (Å²) in [5.74, 6) is 0. The van der Waals surface area contributed by atoms with Crippen molar-refractivity contribution in [2.24, 2.45) is 5.73 Å². The first-order chi connectivity index (χ1) is 18.1. The lowest BCUT2D eigenvalue weighted by Crippen LogP contribution is -2.36. The Morgan fingerprint density at radius 3 is 1.65 bits per heavy atom. The fraction of sp³-hybridized carbons (Fsp3) is 0.290. The van der Waals surface area contributed by atoms with E-state index in [4.69, 9.17) is 5.73 Å². The first-order valence-electron chi connectivity index (χ1n) is 12.4. The number of aromatic nitrogens is 2. The molecule has 4 aromatic rings. The smallest absolute Gasteiger partial charge is 0.0976 e. The largest absolute Gasteiger partial charge is 0.322 e. The summed E-state index contributed by atoms with van der Waals surface area (Å²) in [6.45, 7) is 5.89. The van der Waals surface area contributed by atoms with Crippen LogP contribution in [0.15, 0.2) is 106 Å². The lowest BCUT2D eigenvalue weighted by atomic mass is 10.0. The van der Waals surface area contributed by atoms with Crippen molar-refractivity contribution in [3.8, 4) is 0 Å². The third kappa shape index (κ3) is 12.3. The quantitative estimate of drug-likeness (QED) is 0.193. The van der Waals surface area contributed by atoms with Gasteiger partial charge in [-0.1, -0.05) is 68.1 Å². The van der Waals surface area contributed by atoms with Gasteiger partial charge in [-0.3, -0.25) is 9.97 Å². The number of benzene rings is 2. The third-order valence-corrected chi connectivity index (χ3v) is 8.17. The molecule has 0 saturated heterocycles. The Labute approximate surface area is 265 Å². The molecule has 0 spiro atoms. The molecule has 3 atom stereocenters. The zero-order valence-electron chi connectivity index (χ0n) is 22.3. The molecule has 0 aliphatic heterocycles. The first-order valence-corrected chi connectivity index (χ1v) is 15.1. The number of rotatable bonds is 8. The Bertz CT molecular complexity index is 1270. The van der Waals surface area contributed by atoms with Crippen LogP contribution in [0.1, 0.15) is 62.8 Å². The van der Waals surface area contributed by atoms with Gasteiger partial charge in [-0.15, -0.1) is 12.4 Å². The maximum atomic E-state index is 12.5. The van der Waals surface area contributed by atoms with E-state index in [1.165, 1.54) is 11.1 Å². The van der Waals surface area contributed by atoms with Gasteiger partial charge in [0.15, 0.2) is 0 Å². The molecule has 4 rings (SSSR count). The van der Waals surface area contributed by atoms with Crippen LogP contribution >= 0.6 is 44.3 Å². The van der Waals surface area contributed by atoms with Gasteiger partial charge in [-0.25, -0.2) is 8.93 Å². The van der Waals surface area contributed by atoms with E-state index in [9.17, 15) is 4.21 Å². The number of nitrogens with one attached hydrogen (secondary N) is 1. The lowest BCUT2D eigenvalue weighted by molar-refractivity contribution is 0.588. The van der Waals surface area contributed by atoms with Crippen LogP contribution < -0.4 is 10.5 Å². The molecule has 0 radical (unpaired) electrons. The van der Waals surface area contributed by atoms with Crippen LogP contribution in [0, 0.1) is 0 Å². The molecule has 3 N–H and O–H groups in total. The van der Waals surface area contributed by atoms with Crippen molar-refractivity contribution in [3.05, 3.63) is 129 Å². The molecule has 216 valence electrons. The van der Waals surface area contributed by atoms with Gasteiger partial charge in [0.2, 0.25) is 0 Å². The zero-order chi connectivity index (χ0) is 27.5. The maximum absolute atomic E-state index is 12.5. The number of nitrogens with two attached hydrogens (primary N) is 1. The SMILES string of the molecule is C.CC(C)(C)[S@](=O)N[C@@H](Cc1ccccc1)c1ccc(Br)cn1.Cl.N[C@@H](Cc1ccccc1)c1ccc(Br)cn1. The summed E-state index contributed by atoms with van der Waals surface area (Å²) in [6, 6.07) is 28.1. The van der Waals surface area contributed by atoms with Crippen molar-refractivity contribution >= 4 is 55.3 Å².